The molecule has 2 aromatic rings. The summed E-state index contributed by atoms with van der Waals surface area (Å²) in [6, 6.07) is 12.6. The number of nitrogens with zero attached hydrogens (tertiary/aromatic N) is 1. The molecule has 2 aromatic carbocycles. The van der Waals surface area contributed by atoms with E-state index in [0.717, 1.165) is 37.1 Å². The third-order valence-electron chi connectivity index (χ3n) is 4.76. The molecular formula is C20H21N3O3. The van der Waals surface area contributed by atoms with Crippen molar-refractivity contribution >= 4 is 29.0 Å². The SMILES string of the molecule is COc1cccc(NC(=O)Nc2ccc3c(c2)N(C(=O)C2CC2)CC3)c1. The first-order chi connectivity index (χ1) is 12.6. The van der Waals surface area contributed by atoms with Crippen LogP contribution in [0.4, 0.5) is 21.9 Å². The molecule has 0 aromatic heterocycles. The lowest BCUT2D eigenvalue weighted by Crippen LogP contribution is -2.30. The van der Waals surface area contributed by atoms with E-state index in [1.165, 1.54) is 0 Å². The molecule has 2 aliphatic rings. The number of nitrogens with one attached hydrogen (secondary N) is 2. The van der Waals surface area contributed by atoms with Crippen LogP contribution in [0.25, 0.3) is 0 Å². The molecule has 1 aliphatic heterocycles. The van der Waals surface area contributed by atoms with Gasteiger partial charge in [-0.1, -0.05) is 12.1 Å². The number of carbonyl (C=O) groups excluding carboxylic acids is 2. The molecule has 2 N–H and O–H groups in total. The normalized spacial score (nSPS) is 15.3. The molecule has 1 fully saturated rings. The maximum Gasteiger partial charge on any atom is 0.323 e. The zero-order valence-electron chi connectivity index (χ0n) is 14.6. The Kier molecular flexibility index (Phi) is 4.24. The van der Waals surface area contributed by atoms with E-state index >= 15 is 0 Å². The van der Waals surface area contributed by atoms with Crippen molar-refractivity contribution in [2.45, 2.75) is 19.3 Å². The fraction of sp³-hybridized carbons (Fsp3) is 0.300. The van der Waals surface area contributed by atoms with Crippen molar-refractivity contribution in [2.75, 3.05) is 29.2 Å². The first kappa shape index (κ1) is 16.4. The van der Waals surface area contributed by atoms with Gasteiger partial charge in [0.15, 0.2) is 0 Å². The maximum atomic E-state index is 12.4. The molecule has 0 radical (unpaired) electrons. The van der Waals surface area contributed by atoms with Crippen LogP contribution in [0.2, 0.25) is 0 Å². The Morgan fingerprint density at radius 3 is 2.58 bits per heavy atom. The summed E-state index contributed by atoms with van der Waals surface area (Å²) in [5, 5.41) is 5.62. The van der Waals surface area contributed by atoms with Crippen molar-refractivity contribution in [1.82, 2.24) is 0 Å². The predicted octanol–water partition coefficient (Wildman–Crippen LogP) is 3.64. The molecular weight excluding hydrogens is 330 g/mol. The van der Waals surface area contributed by atoms with Crippen LogP contribution >= 0.6 is 0 Å². The molecule has 0 unspecified atom stereocenters. The lowest BCUT2D eigenvalue weighted by Gasteiger charge is -2.18. The Morgan fingerprint density at radius 1 is 1.08 bits per heavy atom. The second-order valence-electron chi connectivity index (χ2n) is 6.67. The fourth-order valence-electron chi connectivity index (χ4n) is 3.23. The summed E-state index contributed by atoms with van der Waals surface area (Å²) in [5.74, 6) is 1.07. The molecule has 4 rings (SSSR count). The van der Waals surface area contributed by atoms with Gasteiger partial charge < -0.3 is 20.3 Å². The number of carbonyl (C=O) groups is 2. The molecule has 6 nitrogen and oxygen atoms in total. The Bertz CT molecular complexity index is 861. The van der Waals surface area contributed by atoms with E-state index in [1.54, 1.807) is 19.2 Å². The van der Waals surface area contributed by atoms with Crippen LogP contribution in [0.1, 0.15) is 18.4 Å². The highest BCUT2D eigenvalue weighted by Crippen LogP contribution is 2.37. The highest BCUT2D eigenvalue weighted by atomic mass is 16.5. The van der Waals surface area contributed by atoms with Gasteiger partial charge in [-0.2, -0.15) is 0 Å². The number of rotatable bonds is 4. The smallest absolute Gasteiger partial charge is 0.323 e. The van der Waals surface area contributed by atoms with Gasteiger partial charge in [0.2, 0.25) is 5.91 Å². The van der Waals surface area contributed by atoms with Crippen LogP contribution in [0, 0.1) is 5.92 Å². The van der Waals surface area contributed by atoms with Gasteiger partial charge in [-0.3, -0.25) is 4.79 Å². The minimum absolute atomic E-state index is 0.189. The van der Waals surface area contributed by atoms with Crippen molar-refractivity contribution in [3.05, 3.63) is 48.0 Å². The fourth-order valence-corrected chi connectivity index (χ4v) is 3.23. The lowest BCUT2D eigenvalue weighted by molar-refractivity contribution is -0.119. The quantitative estimate of drug-likeness (QED) is 0.883. The second-order valence-corrected chi connectivity index (χ2v) is 6.67. The minimum atomic E-state index is -0.337. The summed E-state index contributed by atoms with van der Waals surface area (Å²) >= 11 is 0. The Hall–Kier alpha value is -3.02. The number of urea groups is 1. The average Bonchev–Trinajstić information content (AvgIpc) is 3.41. The number of amides is 3. The van der Waals surface area contributed by atoms with E-state index in [0.29, 0.717) is 17.1 Å². The zero-order valence-corrected chi connectivity index (χ0v) is 14.6. The van der Waals surface area contributed by atoms with Crippen LogP contribution in [-0.4, -0.2) is 25.6 Å². The van der Waals surface area contributed by atoms with Crippen molar-refractivity contribution in [3.8, 4) is 5.75 Å². The second kappa shape index (κ2) is 6.71. The number of fused-ring (bicyclic) bond motifs is 1. The molecule has 1 heterocycles. The Balaban J connectivity index is 1.46. The summed E-state index contributed by atoms with van der Waals surface area (Å²) in [5.41, 5.74) is 3.38. The monoisotopic (exact) mass is 351 g/mol. The minimum Gasteiger partial charge on any atom is -0.497 e. The molecule has 0 spiro atoms. The zero-order chi connectivity index (χ0) is 18.1. The first-order valence-corrected chi connectivity index (χ1v) is 8.80. The summed E-state index contributed by atoms with van der Waals surface area (Å²) in [6.07, 6.45) is 2.85. The van der Waals surface area contributed by atoms with Crippen molar-refractivity contribution in [1.29, 1.82) is 0 Å². The van der Waals surface area contributed by atoms with Crippen LogP contribution in [0.3, 0.4) is 0 Å². The van der Waals surface area contributed by atoms with E-state index in [4.69, 9.17) is 4.74 Å². The molecule has 0 saturated heterocycles. The van der Waals surface area contributed by atoms with Gasteiger partial charge in [0, 0.05) is 35.6 Å². The van der Waals surface area contributed by atoms with Crippen LogP contribution in [-0.2, 0) is 11.2 Å². The molecule has 0 bridgehead atoms. The van der Waals surface area contributed by atoms with Gasteiger partial charge in [0.1, 0.15) is 5.75 Å². The molecule has 26 heavy (non-hydrogen) atoms. The van der Waals surface area contributed by atoms with Crippen molar-refractivity contribution in [2.24, 2.45) is 5.92 Å². The molecule has 134 valence electrons. The van der Waals surface area contributed by atoms with Gasteiger partial charge in [0.05, 0.1) is 7.11 Å². The third-order valence-corrected chi connectivity index (χ3v) is 4.76. The number of hydrogen-bond acceptors (Lipinski definition) is 3. The van der Waals surface area contributed by atoms with Gasteiger partial charge >= 0.3 is 6.03 Å². The topological polar surface area (TPSA) is 70.7 Å². The van der Waals surface area contributed by atoms with E-state index in [9.17, 15) is 9.59 Å². The summed E-state index contributed by atoms with van der Waals surface area (Å²) < 4.78 is 5.15. The number of ether oxygens (including phenoxy) is 1. The largest absolute Gasteiger partial charge is 0.497 e. The first-order valence-electron chi connectivity index (χ1n) is 8.80. The molecule has 0 atom stereocenters. The summed E-state index contributed by atoms with van der Waals surface area (Å²) in [6.45, 7) is 0.726. The number of hydrogen-bond donors (Lipinski definition) is 2. The van der Waals surface area contributed by atoms with Gasteiger partial charge in [0.25, 0.3) is 0 Å². The van der Waals surface area contributed by atoms with Gasteiger partial charge in [-0.15, -0.1) is 0 Å². The summed E-state index contributed by atoms with van der Waals surface area (Å²) in [7, 11) is 1.58. The third kappa shape index (κ3) is 3.35. The average molecular weight is 351 g/mol. The lowest BCUT2D eigenvalue weighted by atomic mass is 10.1. The van der Waals surface area contributed by atoms with Crippen molar-refractivity contribution in [3.63, 3.8) is 0 Å². The molecule has 6 heteroatoms. The van der Waals surface area contributed by atoms with E-state index in [-0.39, 0.29) is 17.9 Å². The van der Waals surface area contributed by atoms with Gasteiger partial charge in [-0.25, -0.2) is 4.79 Å². The van der Waals surface area contributed by atoms with E-state index in [2.05, 4.69) is 10.6 Å². The summed E-state index contributed by atoms with van der Waals surface area (Å²) in [4.78, 5) is 26.6. The Labute approximate surface area is 152 Å². The van der Waals surface area contributed by atoms with E-state index in [1.807, 2.05) is 35.2 Å². The highest BCUT2D eigenvalue weighted by Gasteiger charge is 2.36. The molecule has 1 saturated carbocycles. The maximum absolute atomic E-state index is 12.4. The Morgan fingerprint density at radius 2 is 1.85 bits per heavy atom. The number of benzene rings is 2. The molecule has 3 amide bonds. The van der Waals surface area contributed by atoms with Crippen LogP contribution in [0.5, 0.6) is 5.75 Å². The van der Waals surface area contributed by atoms with Crippen LogP contribution < -0.4 is 20.3 Å². The molecule has 1 aliphatic carbocycles. The number of methoxy groups -OCH3 is 1. The van der Waals surface area contributed by atoms with Gasteiger partial charge in [-0.05, 0) is 49.1 Å². The highest BCUT2D eigenvalue weighted by molar-refractivity contribution is 6.02. The van der Waals surface area contributed by atoms with Crippen molar-refractivity contribution < 1.29 is 14.3 Å². The van der Waals surface area contributed by atoms with E-state index < -0.39 is 0 Å². The number of anilines is 3. The standard InChI is InChI=1S/C20H21N3O3/c1-26-17-4-2-3-15(11-17)21-20(25)22-16-8-7-13-9-10-23(18(13)12-16)19(24)14-5-6-14/h2-4,7-8,11-12,14H,5-6,9-10H2,1H3,(H2,21,22,25). The van der Waals surface area contributed by atoms with Crippen LogP contribution in [0.15, 0.2) is 42.5 Å². The predicted molar refractivity (Wildman–Crippen MR) is 101 cm³/mol.